The molecule has 3 aromatic rings. The zero-order chi connectivity index (χ0) is 22.2. The summed E-state index contributed by atoms with van der Waals surface area (Å²) >= 11 is 12.6. The molecule has 0 aliphatic carbocycles. The van der Waals surface area contributed by atoms with Crippen molar-refractivity contribution in [3.63, 3.8) is 0 Å². The number of aromatic nitrogens is 1. The van der Waals surface area contributed by atoms with Gasteiger partial charge >= 0.3 is 11.9 Å². The Kier molecular flexibility index (Phi) is 5.92. The lowest BCUT2D eigenvalue weighted by Gasteiger charge is -2.25. The zero-order valence-corrected chi connectivity index (χ0v) is 17.8. The lowest BCUT2D eigenvalue weighted by atomic mass is 9.75. The van der Waals surface area contributed by atoms with Crippen molar-refractivity contribution >= 4 is 51.8 Å². The van der Waals surface area contributed by atoms with Crippen molar-refractivity contribution in [3.05, 3.63) is 69.3 Å². The topological polar surface area (TPSA) is 96.6 Å². The van der Waals surface area contributed by atoms with Gasteiger partial charge in [0.2, 0.25) is 5.78 Å². The van der Waals surface area contributed by atoms with Crippen LogP contribution in [-0.2, 0) is 21.5 Å². The number of hydrogen-bond donors (Lipinski definition) is 2. The fourth-order valence-corrected chi connectivity index (χ4v) is 4.28. The number of carbonyl (C=O) groups excluding carboxylic acids is 1. The van der Waals surface area contributed by atoms with Gasteiger partial charge in [0.25, 0.3) is 0 Å². The third-order valence-electron chi connectivity index (χ3n) is 5.37. The Balaban J connectivity index is 2.60. The highest BCUT2D eigenvalue weighted by atomic mass is 35.5. The maximum absolute atomic E-state index is 13.5. The first-order valence-electron chi connectivity index (χ1n) is 9.29. The molecular weight excluding hydrogens is 429 g/mol. The van der Waals surface area contributed by atoms with Gasteiger partial charge in [-0.1, -0.05) is 60.5 Å². The van der Waals surface area contributed by atoms with E-state index in [-0.39, 0.29) is 33.1 Å². The van der Waals surface area contributed by atoms with E-state index in [1.165, 1.54) is 13.0 Å². The normalized spacial score (nSPS) is 11.6. The predicted molar refractivity (Wildman–Crippen MR) is 115 cm³/mol. The predicted octanol–water partition coefficient (Wildman–Crippen LogP) is 5.02. The molecule has 0 aliphatic rings. The highest BCUT2D eigenvalue weighted by Crippen LogP contribution is 2.44. The smallest absolute Gasteiger partial charge is 0.325 e. The Morgan fingerprint density at radius 1 is 0.967 bits per heavy atom. The number of benzene rings is 2. The molecule has 3 rings (SSSR count). The minimum absolute atomic E-state index is 0.0128. The second kappa shape index (κ2) is 8.13. The number of rotatable bonds is 7. The summed E-state index contributed by atoms with van der Waals surface area (Å²) in [5.41, 5.74) is -1.80. The van der Waals surface area contributed by atoms with E-state index < -0.39 is 23.1 Å². The van der Waals surface area contributed by atoms with Crippen LogP contribution in [0.3, 0.4) is 0 Å². The van der Waals surface area contributed by atoms with Crippen LogP contribution in [0.1, 0.15) is 41.9 Å². The lowest BCUT2D eigenvalue weighted by molar-refractivity contribution is -0.157. The second-order valence-corrected chi connectivity index (χ2v) is 7.57. The van der Waals surface area contributed by atoms with Crippen molar-refractivity contribution in [2.45, 2.75) is 32.2 Å². The summed E-state index contributed by atoms with van der Waals surface area (Å²) < 4.78 is 1.60. The van der Waals surface area contributed by atoms with Crippen LogP contribution in [0.2, 0.25) is 10.0 Å². The number of nitrogens with zero attached hydrogens (tertiary/aromatic N) is 1. The Morgan fingerprint density at radius 3 is 2.07 bits per heavy atom. The molecule has 0 amide bonds. The van der Waals surface area contributed by atoms with Gasteiger partial charge in [0, 0.05) is 23.1 Å². The molecule has 0 radical (unpaired) electrons. The third kappa shape index (κ3) is 3.07. The molecule has 0 saturated heterocycles. The van der Waals surface area contributed by atoms with Crippen LogP contribution in [0.5, 0.6) is 0 Å². The van der Waals surface area contributed by atoms with Gasteiger partial charge in [-0.15, -0.1) is 0 Å². The SMILES string of the molecule is CCn1c(C(=O)c2ccccc2)c(C(CC)(C(=O)O)C(=O)O)c2c(Cl)c(Cl)ccc21. The largest absolute Gasteiger partial charge is 0.480 e. The average Bonchev–Trinajstić information content (AvgIpc) is 3.06. The number of carboxylic acid groups (broad SMARTS) is 2. The van der Waals surface area contributed by atoms with Crippen LogP contribution in [0.25, 0.3) is 10.9 Å². The standard InChI is InChI=1S/C22H19Cl2NO5/c1-3-22(20(27)28,21(29)30)16-15-14(11-10-13(23)17(15)24)25(4-2)18(16)19(26)12-8-6-5-7-9-12/h5-11H,3-4H2,1-2H3,(H,27,28)(H,29,30). The fourth-order valence-electron chi connectivity index (χ4n) is 3.87. The van der Waals surface area contributed by atoms with Gasteiger partial charge < -0.3 is 14.8 Å². The number of hydrogen-bond acceptors (Lipinski definition) is 3. The Hall–Kier alpha value is -2.83. The summed E-state index contributed by atoms with van der Waals surface area (Å²) in [7, 11) is 0. The van der Waals surface area contributed by atoms with Crippen molar-refractivity contribution in [1.29, 1.82) is 0 Å². The Morgan fingerprint density at radius 2 is 1.57 bits per heavy atom. The van der Waals surface area contributed by atoms with Crippen molar-refractivity contribution in [2.24, 2.45) is 0 Å². The summed E-state index contributed by atoms with van der Waals surface area (Å²) in [6.45, 7) is 3.52. The number of fused-ring (bicyclic) bond motifs is 1. The quantitative estimate of drug-likeness (QED) is 0.391. The summed E-state index contributed by atoms with van der Waals surface area (Å²) in [6, 6.07) is 11.4. The van der Waals surface area contributed by atoms with Crippen LogP contribution in [0.4, 0.5) is 0 Å². The second-order valence-electron chi connectivity index (χ2n) is 6.79. The van der Waals surface area contributed by atoms with E-state index in [0.29, 0.717) is 17.6 Å². The number of carbonyl (C=O) groups is 3. The maximum atomic E-state index is 13.5. The van der Waals surface area contributed by atoms with Crippen LogP contribution < -0.4 is 0 Å². The van der Waals surface area contributed by atoms with Crippen molar-refractivity contribution in [2.75, 3.05) is 0 Å². The van der Waals surface area contributed by atoms with E-state index in [1.54, 1.807) is 47.9 Å². The molecular formula is C22H19Cl2NO5. The van der Waals surface area contributed by atoms with Gasteiger partial charge in [0.05, 0.1) is 21.3 Å². The summed E-state index contributed by atoms with van der Waals surface area (Å²) in [4.78, 5) is 38.3. The van der Waals surface area contributed by atoms with E-state index in [0.717, 1.165) is 0 Å². The fraction of sp³-hybridized carbons (Fsp3) is 0.227. The van der Waals surface area contributed by atoms with Crippen molar-refractivity contribution < 1.29 is 24.6 Å². The molecule has 6 nitrogen and oxygen atoms in total. The molecule has 0 bridgehead atoms. The molecule has 8 heteroatoms. The first kappa shape index (κ1) is 21.9. The number of carboxylic acids is 2. The first-order valence-corrected chi connectivity index (χ1v) is 10.0. The average molecular weight is 448 g/mol. The molecule has 2 aromatic carbocycles. The molecule has 156 valence electrons. The number of aliphatic carboxylic acids is 2. The van der Waals surface area contributed by atoms with Crippen LogP contribution in [0, 0.1) is 0 Å². The summed E-state index contributed by atoms with van der Waals surface area (Å²) in [5.74, 6) is -3.65. The van der Waals surface area contributed by atoms with Crippen LogP contribution >= 0.6 is 23.2 Å². The van der Waals surface area contributed by atoms with Crippen molar-refractivity contribution in [1.82, 2.24) is 4.57 Å². The molecule has 0 unspecified atom stereocenters. The minimum atomic E-state index is -2.38. The van der Waals surface area contributed by atoms with Gasteiger partial charge in [0.1, 0.15) is 0 Å². The lowest BCUT2D eigenvalue weighted by Crippen LogP contribution is -2.44. The molecule has 0 saturated carbocycles. The van der Waals surface area contributed by atoms with Crippen LogP contribution in [0.15, 0.2) is 42.5 Å². The molecule has 1 heterocycles. The summed E-state index contributed by atoms with van der Waals surface area (Å²) in [5, 5.41) is 20.4. The van der Waals surface area contributed by atoms with Gasteiger partial charge in [-0.2, -0.15) is 0 Å². The highest BCUT2D eigenvalue weighted by Gasteiger charge is 2.51. The van der Waals surface area contributed by atoms with E-state index >= 15 is 0 Å². The van der Waals surface area contributed by atoms with Crippen LogP contribution in [-0.4, -0.2) is 32.5 Å². The third-order valence-corrected chi connectivity index (χ3v) is 6.18. The van der Waals surface area contributed by atoms with Gasteiger partial charge in [-0.05, 0) is 25.5 Å². The monoisotopic (exact) mass is 447 g/mol. The van der Waals surface area contributed by atoms with Gasteiger partial charge in [0.15, 0.2) is 5.41 Å². The molecule has 1 aromatic heterocycles. The molecule has 0 aliphatic heterocycles. The highest BCUT2D eigenvalue weighted by molar-refractivity contribution is 6.46. The van der Waals surface area contributed by atoms with E-state index in [2.05, 4.69) is 0 Å². The first-order chi connectivity index (χ1) is 14.2. The summed E-state index contributed by atoms with van der Waals surface area (Å²) in [6.07, 6.45) is -0.293. The molecule has 2 N–H and O–H groups in total. The minimum Gasteiger partial charge on any atom is -0.480 e. The molecule has 0 atom stereocenters. The van der Waals surface area contributed by atoms with E-state index in [1.807, 2.05) is 0 Å². The zero-order valence-electron chi connectivity index (χ0n) is 16.3. The number of halogens is 2. The molecule has 0 spiro atoms. The Labute approximate surface area is 182 Å². The Bertz CT molecular complexity index is 1150. The molecule has 30 heavy (non-hydrogen) atoms. The molecule has 0 fully saturated rings. The number of aryl methyl sites for hydroxylation is 1. The van der Waals surface area contributed by atoms with E-state index in [9.17, 15) is 24.6 Å². The van der Waals surface area contributed by atoms with Crippen molar-refractivity contribution in [3.8, 4) is 0 Å². The van der Waals surface area contributed by atoms with Gasteiger partial charge in [-0.3, -0.25) is 14.4 Å². The van der Waals surface area contributed by atoms with E-state index in [4.69, 9.17) is 23.2 Å². The maximum Gasteiger partial charge on any atom is 0.325 e. The van der Waals surface area contributed by atoms with Gasteiger partial charge in [-0.25, -0.2) is 0 Å². The number of ketones is 1.